The summed E-state index contributed by atoms with van der Waals surface area (Å²) in [5.41, 5.74) is 8.18. The predicted octanol–water partition coefficient (Wildman–Crippen LogP) is 4.40. The molecule has 0 bridgehead atoms. The van der Waals surface area contributed by atoms with E-state index in [1.165, 1.54) is 0 Å². The molecule has 3 aliphatic rings. The number of amides is 1. The molecule has 0 aliphatic carbocycles. The highest BCUT2D eigenvalue weighted by molar-refractivity contribution is 7.22. The summed E-state index contributed by atoms with van der Waals surface area (Å²) in [4.78, 5) is 30.8. The zero-order valence-corrected chi connectivity index (χ0v) is 25.5. The Bertz CT molecular complexity index is 1830. The molecule has 46 heavy (non-hydrogen) atoms. The Hall–Kier alpha value is -3.89. The highest BCUT2D eigenvalue weighted by atomic mass is 32.1. The van der Waals surface area contributed by atoms with Crippen molar-refractivity contribution in [3.63, 3.8) is 0 Å². The highest BCUT2D eigenvalue weighted by Gasteiger charge is 2.45. The Morgan fingerprint density at radius 1 is 1.00 bits per heavy atom. The van der Waals surface area contributed by atoms with Gasteiger partial charge >= 0.3 is 12.2 Å². The number of ether oxygens (including phenoxy) is 1. The van der Waals surface area contributed by atoms with Gasteiger partial charge in [0.25, 0.3) is 0 Å². The Balaban J connectivity index is 1.40. The number of alkyl halides is 3. The summed E-state index contributed by atoms with van der Waals surface area (Å²) in [6.07, 6.45) is -1.13. The summed E-state index contributed by atoms with van der Waals surface area (Å²) < 4.78 is 81.7. The van der Waals surface area contributed by atoms with E-state index in [1.54, 1.807) is 9.80 Å². The molecule has 0 atom stereocenters. The van der Waals surface area contributed by atoms with Crippen molar-refractivity contribution in [1.82, 2.24) is 24.8 Å². The van der Waals surface area contributed by atoms with Crippen molar-refractivity contribution in [2.45, 2.75) is 37.4 Å². The van der Waals surface area contributed by atoms with Crippen molar-refractivity contribution in [3.05, 3.63) is 35.4 Å². The quantitative estimate of drug-likeness (QED) is 0.289. The second kappa shape index (κ2) is 11.4. The highest BCUT2D eigenvalue weighted by Crippen LogP contribution is 2.46. The number of carbonyl (C=O) groups excluding carboxylic acids is 1. The van der Waals surface area contributed by atoms with Crippen LogP contribution in [0.2, 0.25) is 0 Å². The number of thiazole rings is 1. The van der Waals surface area contributed by atoms with Crippen LogP contribution in [0, 0.1) is 11.6 Å². The minimum absolute atomic E-state index is 0.0603. The lowest BCUT2D eigenvalue weighted by Gasteiger charge is -2.36. The van der Waals surface area contributed by atoms with Gasteiger partial charge < -0.3 is 26.0 Å². The van der Waals surface area contributed by atoms with E-state index >= 15 is 4.39 Å². The van der Waals surface area contributed by atoms with E-state index in [2.05, 4.69) is 19.9 Å². The fourth-order valence-electron chi connectivity index (χ4n) is 7.13. The van der Waals surface area contributed by atoms with Crippen molar-refractivity contribution < 1.29 is 31.5 Å². The van der Waals surface area contributed by atoms with E-state index in [9.17, 15) is 22.4 Å². The minimum Gasteiger partial charge on any atom is -0.461 e. The van der Waals surface area contributed by atoms with Crippen LogP contribution < -0.4 is 21.1 Å². The third kappa shape index (κ3) is 5.15. The van der Waals surface area contributed by atoms with E-state index in [0.717, 1.165) is 68.3 Å². The summed E-state index contributed by atoms with van der Waals surface area (Å²) in [5, 5.41) is -0.242. The predicted molar refractivity (Wildman–Crippen MR) is 164 cm³/mol. The molecule has 10 nitrogen and oxygen atoms in total. The molecule has 0 radical (unpaired) electrons. The standard InChI is InChI=1S/C30H31F5N8O2S/c31-19-4-3-16(24-25(19)46-27(37)38-24)21-18(30(33,34)35)13-17-23(22(21)32)39-28(45-15-29-5-1-7-43(29)8-2-6-29)40-26(17)42-11-9-41(10-12-42)20(44)14-36/h3-4,13H,1-2,5-12,14-15,36H2,(H2,37,38). The van der Waals surface area contributed by atoms with Crippen molar-refractivity contribution in [2.24, 2.45) is 5.73 Å². The molecule has 2 aromatic carbocycles. The van der Waals surface area contributed by atoms with Gasteiger partial charge in [0.05, 0.1) is 27.9 Å². The van der Waals surface area contributed by atoms with E-state index in [1.807, 2.05) is 0 Å². The molecule has 3 aliphatic heterocycles. The second-order valence-electron chi connectivity index (χ2n) is 11.9. The number of halogens is 5. The summed E-state index contributed by atoms with van der Waals surface area (Å²) in [6, 6.07) is 2.69. The zero-order chi connectivity index (χ0) is 32.4. The first kappa shape index (κ1) is 30.7. The number of hydrogen-bond donors (Lipinski definition) is 2. The van der Waals surface area contributed by atoms with Gasteiger partial charge in [-0.2, -0.15) is 23.1 Å². The number of hydrogen-bond acceptors (Lipinski definition) is 10. The summed E-state index contributed by atoms with van der Waals surface area (Å²) >= 11 is 0.759. The molecule has 1 amide bonds. The van der Waals surface area contributed by atoms with Crippen LogP contribution in [0.5, 0.6) is 6.01 Å². The molecular formula is C30H31F5N8O2S. The molecule has 4 aromatic rings. The molecule has 0 spiro atoms. The van der Waals surface area contributed by atoms with Crippen molar-refractivity contribution in [2.75, 3.05) is 63.1 Å². The average molecular weight is 663 g/mol. The van der Waals surface area contributed by atoms with Gasteiger partial charge in [0.2, 0.25) is 5.91 Å². The molecule has 4 N–H and O–H groups in total. The summed E-state index contributed by atoms with van der Waals surface area (Å²) in [5.74, 6) is -2.19. The van der Waals surface area contributed by atoms with Crippen molar-refractivity contribution in [1.29, 1.82) is 0 Å². The van der Waals surface area contributed by atoms with Gasteiger partial charge in [0, 0.05) is 42.7 Å². The van der Waals surface area contributed by atoms with Crippen LogP contribution >= 0.6 is 11.3 Å². The smallest absolute Gasteiger partial charge is 0.417 e. The molecule has 244 valence electrons. The van der Waals surface area contributed by atoms with Crippen LogP contribution in [-0.2, 0) is 11.0 Å². The molecule has 5 heterocycles. The minimum atomic E-state index is -5.01. The van der Waals surface area contributed by atoms with Gasteiger partial charge in [-0.05, 0) is 57.0 Å². The molecule has 3 fully saturated rings. The van der Waals surface area contributed by atoms with E-state index in [-0.39, 0.29) is 94.4 Å². The van der Waals surface area contributed by atoms with Crippen LogP contribution in [0.3, 0.4) is 0 Å². The van der Waals surface area contributed by atoms with Gasteiger partial charge in [-0.25, -0.2) is 13.8 Å². The van der Waals surface area contributed by atoms with Gasteiger partial charge in [0.15, 0.2) is 10.9 Å². The third-order valence-corrected chi connectivity index (χ3v) is 10.3. The maximum Gasteiger partial charge on any atom is 0.417 e. The summed E-state index contributed by atoms with van der Waals surface area (Å²) in [7, 11) is 0. The number of rotatable bonds is 6. The molecular weight excluding hydrogens is 631 g/mol. The van der Waals surface area contributed by atoms with Crippen LogP contribution in [0.15, 0.2) is 18.2 Å². The zero-order valence-electron chi connectivity index (χ0n) is 24.7. The average Bonchev–Trinajstić information content (AvgIpc) is 3.74. The fraction of sp³-hybridized carbons (Fsp3) is 0.467. The lowest BCUT2D eigenvalue weighted by molar-refractivity contribution is -0.137. The number of anilines is 2. The number of nitrogens with two attached hydrogens (primary N) is 2. The topological polar surface area (TPSA) is 127 Å². The molecule has 2 aromatic heterocycles. The number of fused-ring (bicyclic) bond motifs is 3. The van der Waals surface area contributed by atoms with Gasteiger partial charge in [0.1, 0.15) is 23.8 Å². The van der Waals surface area contributed by atoms with E-state index in [0.29, 0.717) is 0 Å². The second-order valence-corrected chi connectivity index (χ2v) is 13.0. The molecule has 16 heteroatoms. The Morgan fingerprint density at radius 3 is 2.39 bits per heavy atom. The largest absolute Gasteiger partial charge is 0.461 e. The first-order valence-electron chi connectivity index (χ1n) is 15.1. The number of piperazine rings is 1. The summed E-state index contributed by atoms with van der Waals surface area (Å²) in [6.45, 7) is 2.92. The molecule has 0 unspecified atom stereocenters. The first-order valence-corrected chi connectivity index (χ1v) is 15.9. The van der Waals surface area contributed by atoms with Crippen LogP contribution in [0.1, 0.15) is 31.2 Å². The third-order valence-electron chi connectivity index (χ3n) is 9.36. The monoisotopic (exact) mass is 662 g/mol. The normalized spacial score (nSPS) is 18.6. The molecule has 0 saturated carbocycles. The number of nitrogens with zero attached hydrogens (tertiary/aromatic N) is 6. The van der Waals surface area contributed by atoms with Gasteiger partial charge in [-0.15, -0.1) is 0 Å². The van der Waals surface area contributed by atoms with Crippen molar-refractivity contribution in [3.8, 4) is 17.1 Å². The maximum absolute atomic E-state index is 16.8. The van der Waals surface area contributed by atoms with E-state index in [4.69, 9.17) is 16.2 Å². The molecule has 3 saturated heterocycles. The number of carbonyl (C=O) groups is 1. The number of aromatic nitrogens is 3. The maximum atomic E-state index is 16.8. The Labute approximate surface area is 264 Å². The number of nitrogen functional groups attached to an aromatic ring is 1. The van der Waals surface area contributed by atoms with Crippen LogP contribution in [0.4, 0.5) is 32.9 Å². The SMILES string of the molecule is NCC(=O)N1CCN(c2nc(OCC34CCCN3CCC4)nc3c(F)c(-c4ccc(F)c5sc(N)nc45)c(C(F)(F)F)cc23)CC1. The number of benzene rings is 2. The van der Waals surface area contributed by atoms with Gasteiger partial charge in [-0.3, -0.25) is 9.69 Å². The lowest BCUT2D eigenvalue weighted by Crippen LogP contribution is -2.50. The van der Waals surface area contributed by atoms with Crippen LogP contribution in [-0.4, -0.2) is 88.6 Å². The Morgan fingerprint density at radius 2 is 1.72 bits per heavy atom. The molecule has 7 rings (SSSR count). The lowest BCUT2D eigenvalue weighted by atomic mass is 9.95. The van der Waals surface area contributed by atoms with Crippen LogP contribution in [0.25, 0.3) is 32.2 Å². The van der Waals surface area contributed by atoms with E-state index < -0.39 is 28.9 Å². The first-order chi connectivity index (χ1) is 22.0. The van der Waals surface area contributed by atoms with Crippen molar-refractivity contribution >= 4 is 49.3 Å². The fourth-order valence-corrected chi connectivity index (χ4v) is 7.90. The Kier molecular flexibility index (Phi) is 7.63. The van der Waals surface area contributed by atoms with Gasteiger partial charge in [-0.1, -0.05) is 11.3 Å².